The van der Waals surface area contributed by atoms with Gasteiger partial charge in [0, 0.05) is 23.3 Å². The van der Waals surface area contributed by atoms with Crippen LogP contribution < -0.4 is 0 Å². The number of hydrogen-bond donors (Lipinski definition) is 0. The van der Waals surface area contributed by atoms with Crippen LogP contribution in [0.4, 0.5) is 0 Å². The van der Waals surface area contributed by atoms with Crippen molar-refractivity contribution in [3.8, 4) is 0 Å². The number of likely N-dealkylation sites (tertiary alicyclic amines) is 1. The van der Waals surface area contributed by atoms with E-state index >= 15 is 0 Å². The molecule has 2 unspecified atom stereocenters. The van der Waals surface area contributed by atoms with E-state index in [0.717, 1.165) is 18.5 Å². The fourth-order valence-electron chi connectivity index (χ4n) is 2.72. The number of nitrogens with zero attached hydrogens (tertiary/aromatic N) is 2. The minimum absolute atomic E-state index is 0.0714. The van der Waals surface area contributed by atoms with Crippen LogP contribution >= 0.6 is 11.6 Å². The van der Waals surface area contributed by atoms with E-state index in [1.165, 1.54) is 6.42 Å². The van der Waals surface area contributed by atoms with E-state index in [0.29, 0.717) is 22.8 Å². The van der Waals surface area contributed by atoms with Crippen LogP contribution in [0.1, 0.15) is 49.2 Å². The molecule has 0 saturated carbocycles. The fraction of sp³-hybridized carbons (Fsp3) is 0.571. The number of rotatable bonds is 1. The third kappa shape index (κ3) is 2.66. The molecule has 0 spiro atoms. The van der Waals surface area contributed by atoms with E-state index in [2.05, 4.69) is 18.8 Å². The highest BCUT2D eigenvalue weighted by molar-refractivity contribution is 6.29. The highest BCUT2D eigenvalue weighted by Crippen LogP contribution is 2.25. The van der Waals surface area contributed by atoms with Gasteiger partial charge in [-0.3, -0.25) is 4.79 Å². The van der Waals surface area contributed by atoms with E-state index in [9.17, 15) is 4.79 Å². The summed E-state index contributed by atoms with van der Waals surface area (Å²) in [5.41, 5.74) is 1.43. The summed E-state index contributed by atoms with van der Waals surface area (Å²) < 4.78 is 0. The Kier molecular flexibility index (Phi) is 3.91. The summed E-state index contributed by atoms with van der Waals surface area (Å²) in [6.07, 6.45) is 3.35. The lowest BCUT2D eigenvalue weighted by Gasteiger charge is -2.39. The first-order valence-electron chi connectivity index (χ1n) is 6.46. The molecule has 1 aromatic heterocycles. The number of aryl methyl sites for hydroxylation is 1. The molecule has 3 nitrogen and oxygen atoms in total. The molecular formula is C14H19ClN2O. The lowest BCUT2D eigenvalue weighted by molar-refractivity contribution is 0.0510. The van der Waals surface area contributed by atoms with Crippen LogP contribution in [0.5, 0.6) is 0 Å². The van der Waals surface area contributed by atoms with Crippen LogP contribution in [0, 0.1) is 6.92 Å². The van der Waals surface area contributed by atoms with Gasteiger partial charge >= 0.3 is 0 Å². The normalized spacial score (nSPS) is 24.1. The lowest BCUT2D eigenvalue weighted by Crippen LogP contribution is -2.47. The highest BCUT2D eigenvalue weighted by atomic mass is 35.5. The Hall–Kier alpha value is -1.09. The molecular weight excluding hydrogens is 248 g/mol. The number of carbonyl (C=O) groups is 1. The van der Waals surface area contributed by atoms with Gasteiger partial charge < -0.3 is 4.90 Å². The van der Waals surface area contributed by atoms with Crippen molar-refractivity contribution in [2.24, 2.45) is 0 Å². The van der Waals surface area contributed by atoms with Gasteiger partial charge in [0.2, 0.25) is 0 Å². The second-order valence-corrected chi connectivity index (χ2v) is 5.55. The maximum atomic E-state index is 12.6. The van der Waals surface area contributed by atoms with E-state index in [-0.39, 0.29) is 5.91 Å². The van der Waals surface area contributed by atoms with Crippen molar-refractivity contribution in [3.63, 3.8) is 0 Å². The van der Waals surface area contributed by atoms with E-state index < -0.39 is 0 Å². The molecule has 1 aliphatic heterocycles. The van der Waals surface area contributed by atoms with Crippen molar-refractivity contribution >= 4 is 17.5 Å². The van der Waals surface area contributed by atoms with E-state index in [1.807, 2.05) is 17.9 Å². The van der Waals surface area contributed by atoms with Gasteiger partial charge in [-0.1, -0.05) is 11.6 Å². The van der Waals surface area contributed by atoms with Crippen molar-refractivity contribution in [3.05, 3.63) is 28.5 Å². The molecule has 4 heteroatoms. The van der Waals surface area contributed by atoms with Gasteiger partial charge in [-0.25, -0.2) is 4.98 Å². The molecule has 2 rings (SSSR count). The fourth-order valence-corrected chi connectivity index (χ4v) is 2.97. The first-order valence-corrected chi connectivity index (χ1v) is 6.83. The van der Waals surface area contributed by atoms with Gasteiger partial charge in [-0.2, -0.15) is 0 Å². The third-order valence-corrected chi connectivity index (χ3v) is 3.79. The second-order valence-electron chi connectivity index (χ2n) is 5.16. The van der Waals surface area contributed by atoms with Crippen LogP contribution in [0.15, 0.2) is 12.1 Å². The van der Waals surface area contributed by atoms with Gasteiger partial charge in [0.15, 0.2) is 0 Å². The molecule has 2 atom stereocenters. The van der Waals surface area contributed by atoms with Crippen LogP contribution in [-0.2, 0) is 0 Å². The predicted octanol–water partition coefficient (Wildman–Crippen LogP) is 3.45. The summed E-state index contributed by atoms with van der Waals surface area (Å²) in [7, 11) is 0. The van der Waals surface area contributed by atoms with Crippen LogP contribution in [0.25, 0.3) is 0 Å². The summed E-state index contributed by atoms with van der Waals surface area (Å²) >= 11 is 5.92. The highest BCUT2D eigenvalue weighted by Gasteiger charge is 2.29. The third-order valence-electron chi connectivity index (χ3n) is 3.60. The molecule has 1 aliphatic rings. The van der Waals surface area contributed by atoms with Gasteiger partial charge in [-0.15, -0.1) is 0 Å². The average molecular weight is 267 g/mol. The largest absolute Gasteiger partial charge is 0.333 e. The molecule has 1 saturated heterocycles. The molecule has 0 N–H and O–H groups in total. The van der Waals surface area contributed by atoms with Crippen molar-refractivity contribution in [2.75, 3.05) is 0 Å². The van der Waals surface area contributed by atoms with Crippen LogP contribution in [-0.4, -0.2) is 27.9 Å². The SMILES string of the molecule is Cc1cc(C(=O)N2C(C)CCCC2C)cc(Cl)n1. The van der Waals surface area contributed by atoms with E-state index in [1.54, 1.807) is 6.07 Å². The predicted molar refractivity (Wildman–Crippen MR) is 72.9 cm³/mol. The molecule has 0 bridgehead atoms. The van der Waals surface area contributed by atoms with Crippen molar-refractivity contribution in [1.29, 1.82) is 0 Å². The molecule has 1 fully saturated rings. The summed E-state index contributed by atoms with van der Waals surface area (Å²) in [6, 6.07) is 4.06. The lowest BCUT2D eigenvalue weighted by atomic mass is 9.96. The molecule has 2 heterocycles. The summed E-state index contributed by atoms with van der Waals surface area (Å²) in [5, 5.41) is 0.385. The Morgan fingerprint density at radius 2 is 1.94 bits per heavy atom. The number of pyridine rings is 1. The Bertz CT molecular complexity index is 431. The topological polar surface area (TPSA) is 33.2 Å². The number of aromatic nitrogens is 1. The quantitative estimate of drug-likeness (QED) is 0.730. The smallest absolute Gasteiger partial charge is 0.254 e. The Morgan fingerprint density at radius 3 is 2.50 bits per heavy atom. The Balaban J connectivity index is 2.29. The second kappa shape index (κ2) is 5.27. The molecule has 0 aromatic carbocycles. The first-order chi connectivity index (χ1) is 8.49. The average Bonchev–Trinajstić information content (AvgIpc) is 2.27. The zero-order valence-corrected chi connectivity index (χ0v) is 11.9. The minimum Gasteiger partial charge on any atom is -0.333 e. The van der Waals surface area contributed by atoms with Crippen molar-refractivity contribution < 1.29 is 4.79 Å². The number of carbonyl (C=O) groups excluding carboxylic acids is 1. The first kappa shape index (κ1) is 13.3. The van der Waals surface area contributed by atoms with Gasteiger partial charge in [0.05, 0.1) is 0 Å². The number of piperidine rings is 1. The molecule has 1 aromatic rings. The number of halogens is 1. The number of amides is 1. The monoisotopic (exact) mass is 266 g/mol. The molecule has 1 amide bonds. The van der Waals surface area contributed by atoms with Gasteiger partial charge in [0.25, 0.3) is 5.91 Å². The Morgan fingerprint density at radius 1 is 1.33 bits per heavy atom. The van der Waals surface area contributed by atoms with Crippen molar-refractivity contribution in [2.45, 2.75) is 52.1 Å². The molecule has 98 valence electrons. The standard InChI is InChI=1S/C14H19ClN2O/c1-9-7-12(8-13(15)16-9)14(18)17-10(2)5-4-6-11(17)3/h7-8,10-11H,4-6H2,1-3H3. The van der Waals surface area contributed by atoms with Gasteiger partial charge in [-0.05, 0) is 52.2 Å². The number of hydrogen-bond acceptors (Lipinski definition) is 2. The van der Waals surface area contributed by atoms with Crippen LogP contribution in [0.2, 0.25) is 5.15 Å². The summed E-state index contributed by atoms with van der Waals surface area (Å²) in [6.45, 7) is 6.08. The maximum absolute atomic E-state index is 12.6. The van der Waals surface area contributed by atoms with Crippen LogP contribution in [0.3, 0.4) is 0 Å². The zero-order chi connectivity index (χ0) is 13.3. The summed E-state index contributed by atoms with van der Waals surface area (Å²) in [5.74, 6) is 0.0714. The molecule has 18 heavy (non-hydrogen) atoms. The Labute approximate surface area is 113 Å². The molecule has 0 aliphatic carbocycles. The zero-order valence-electron chi connectivity index (χ0n) is 11.1. The minimum atomic E-state index is 0.0714. The summed E-state index contributed by atoms with van der Waals surface area (Å²) in [4.78, 5) is 18.6. The van der Waals surface area contributed by atoms with Gasteiger partial charge in [0.1, 0.15) is 5.15 Å². The maximum Gasteiger partial charge on any atom is 0.254 e. The van der Waals surface area contributed by atoms with Crippen molar-refractivity contribution in [1.82, 2.24) is 9.88 Å². The van der Waals surface area contributed by atoms with E-state index in [4.69, 9.17) is 11.6 Å². The molecule has 0 radical (unpaired) electrons.